The van der Waals surface area contributed by atoms with Crippen molar-refractivity contribution >= 4 is 30.0 Å². The summed E-state index contributed by atoms with van der Waals surface area (Å²) in [6.45, 7) is 8.80. The second-order valence-corrected chi connectivity index (χ2v) is 13.0. The summed E-state index contributed by atoms with van der Waals surface area (Å²) < 4.78 is 30.4. The molecule has 2 saturated carbocycles. The second-order valence-electron chi connectivity index (χ2n) is 13.0. The lowest BCUT2D eigenvalue weighted by Crippen LogP contribution is -2.83. The lowest BCUT2D eigenvalue weighted by Gasteiger charge is -2.65. The predicted molar refractivity (Wildman–Crippen MR) is 163 cm³/mol. The number of carbonyl (C=O) groups is 4. The van der Waals surface area contributed by atoms with Crippen LogP contribution in [0.3, 0.4) is 0 Å². The number of ether oxygens (including phenoxy) is 5. The van der Waals surface area contributed by atoms with E-state index in [1.165, 1.54) is 18.2 Å². The van der Waals surface area contributed by atoms with Gasteiger partial charge in [0.2, 0.25) is 5.79 Å². The summed E-state index contributed by atoms with van der Waals surface area (Å²) in [5, 5.41) is 24.4. The number of aliphatic hydroxyl groups is 2. The highest BCUT2D eigenvalue weighted by Gasteiger charge is 2.87. The van der Waals surface area contributed by atoms with Gasteiger partial charge >= 0.3 is 23.9 Å². The molecule has 0 unspecified atom stereocenters. The molecule has 1 aliphatic heterocycles. The number of benzene rings is 2. The molecule has 2 aliphatic carbocycles. The molecule has 5 rings (SSSR count). The van der Waals surface area contributed by atoms with Gasteiger partial charge in [0.15, 0.2) is 17.8 Å². The summed E-state index contributed by atoms with van der Waals surface area (Å²) >= 11 is 0. The Balaban J connectivity index is 1.70. The van der Waals surface area contributed by atoms with E-state index in [4.69, 9.17) is 23.7 Å². The Kier molecular flexibility index (Phi) is 8.65. The highest BCUT2D eigenvalue weighted by Crippen LogP contribution is 2.71. The van der Waals surface area contributed by atoms with E-state index >= 15 is 0 Å². The van der Waals surface area contributed by atoms with Gasteiger partial charge in [0.1, 0.15) is 12.2 Å². The monoisotopic (exact) mass is 636 g/mol. The fraction of sp³-hybridized carbons (Fsp3) is 0.486. The molecular formula is C35H40O11. The van der Waals surface area contributed by atoms with Crippen LogP contribution in [0.4, 0.5) is 0 Å². The minimum absolute atomic E-state index is 0.102. The standard InChI is InChI=1S/C35H40O11/c1-20-28(39)29(42-21(2)36)30(44-31(40)24-15-11-8-12-16-24)33(6)26(43-27(38)18-17-23-13-9-7-10-14-23)19-25-32(4,5)46-34(20,33)35(25,41)45-22(3)37/h7-18,20,25-26,28-30,39,41H,19H2,1-6H3/b18-17+/t20-,25+,26-,28-,29-,30-,33+,34-,35+/m0/s1. The smallest absolute Gasteiger partial charge is 0.338 e. The van der Waals surface area contributed by atoms with E-state index < -0.39 is 82.5 Å². The van der Waals surface area contributed by atoms with E-state index in [0.717, 1.165) is 19.4 Å². The number of aliphatic hydroxyl groups excluding tert-OH is 1. The molecule has 246 valence electrons. The number of hydrogen-bond donors (Lipinski definition) is 2. The normalized spacial score (nSPS) is 35.9. The first-order valence-corrected chi connectivity index (χ1v) is 15.3. The van der Waals surface area contributed by atoms with Gasteiger partial charge in [-0.05, 0) is 51.0 Å². The van der Waals surface area contributed by atoms with E-state index in [-0.39, 0.29) is 12.0 Å². The molecule has 0 aromatic heterocycles. The number of carbonyl (C=O) groups excluding carboxylic acids is 4. The molecule has 2 aromatic carbocycles. The van der Waals surface area contributed by atoms with Gasteiger partial charge in [0, 0.05) is 25.8 Å². The van der Waals surface area contributed by atoms with Gasteiger partial charge in [-0.1, -0.05) is 55.5 Å². The topological polar surface area (TPSA) is 155 Å². The Morgan fingerprint density at radius 2 is 1.50 bits per heavy atom. The van der Waals surface area contributed by atoms with Crippen LogP contribution in [-0.4, -0.2) is 75.5 Å². The summed E-state index contributed by atoms with van der Waals surface area (Å²) in [7, 11) is 0. The summed E-state index contributed by atoms with van der Waals surface area (Å²) in [6.07, 6.45) is -3.07. The maximum absolute atomic E-state index is 13.7. The first-order valence-electron chi connectivity index (χ1n) is 15.3. The highest BCUT2D eigenvalue weighted by molar-refractivity contribution is 5.89. The van der Waals surface area contributed by atoms with E-state index in [2.05, 4.69) is 0 Å². The molecule has 0 radical (unpaired) electrons. The highest BCUT2D eigenvalue weighted by atomic mass is 16.7. The SMILES string of the molecule is CC(=O)O[C@H]1[C@@H](O)[C@H](C)[C@]23OC(C)(C)[C@@H](C[C@H](OC(=O)/C=C/c4ccccc4)[C@]2(C)[C@H]1OC(=O)c1ccccc1)[C@@]3(O)OC(C)=O. The molecule has 1 saturated heterocycles. The molecule has 2 bridgehead atoms. The molecule has 11 nitrogen and oxygen atoms in total. The van der Waals surface area contributed by atoms with E-state index in [1.54, 1.807) is 52.0 Å². The van der Waals surface area contributed by atoms with Gasteiger partial charge < -0.3 is 33.9 Å². The Morgan fingerprint density at radius 1 is 0.891 bits per heavy atom. The lowest BCUT2D eigenvalue weighted by molar-refractivity contribution is -0.389. The zero-order valence-electron chi connectivity index (χ0n) is 26.7. The van der Waals surface area contributed by atoms with Crippen molar-refractivity contribution in [2.24, 2.45) is 17.3 Å². The molecule has 11 heteroatoms. The van der Waals surface area contributed by atoms with Crippen LogP contribution in [0.25, 0.3) is 6.08 Å². The van der Waals surface area contributed by atoms with Crippen LogP contribution in [0.2, 0.25) is 0 Å². The Hall–Kier alpha value is -4.06. The lowest BCUT2D eigenvalue weighted by atomic mass is 9.46. The summed E-state index contributed by atoms with van der Waals surface area (Å²) in [5.41, 5.74) is -4.11. The third-order valence-electron chi connectivity index (χ3n) is 9.88. The van der Waals surface area contributed by atoms with Gasteiger partial charge in [-0.25, -0.2) is 9.59 Å². The van der Waals surface area contributed by atoms with Crippen molar-refractivity contribution in [3.05, 3.63) is 77.9 Å². The van der Waals surface area contributed by atoms with Crippen molar-refractivity contribution in [3.63, 3.8) is 0 Å². The molecule has 9 atom stereocenters. The molecule has 2 N–H and O–H groups in total. The fourth-order valence-corrected chi connectivity index (χ4v) is 7.99. The van der Waals surface area contributed by atoms with Crippen LogP contribution in [0.15, 0.2) is 66.7 Å². The predicted octanol–water partition coefficient (Wildman–Crippen LogP) is 3.61. The van der Waals surface area contributed by atoms with Gasteiger partial charge in [-0.2, -0.15) is 0 Å². The molecule has 1 spiro atoms. The fourth-order valence-electron chi connectivity index (χ4n) is 7.99. The minimum Gasteiger partial charge on any atom is -0.458 e. The van der Waals surface area contributed by atoms with Crippen LogP contribution in [0.5, 0.6) is 0 Å². The third kappa shape index (κ3) is 5.20. The van der Waals surface area contributed by atoms with Crippen LogP contribution in [0, 0.1) is 17.3 Å². The van der Waals surface area contributed by atoms with Gasteiger partial charge in [0.05, 0.1) is 22.5 Å². The van der Waals surface area contributed by atoms with Gasteiger partial charge in [0.25, 0.3) is 0 Å². The molecule has 3 fully saturated rings. The first-order chi connectivity index (χ1) is 21.6. The average Bonchev–Trinajstić information content (AvgIpc) is 3.12. The van der Waals surface area contributed by atoms with Crippen LogP contribution in [-0.2, 0) is 38.1 Å². The molecule has 1 heterocycles. The van der Waals surface area contributed by atoms with Crippen molar-refractivity contribution in [2.75, 3.05) is 0 Å². The van der Waals surface area contributed by atoms with E-state index in [0.29, 0.717) is 0 Å². The average molecular weight is 637 g/mol. The van der Waals surface area contributed by atoms with Crippen molar-refractivity contribution in [2.45, 2.75) is 89.4 Å². The molecule has 0 amide bonds. The number of fused-ring (bicyclic) bond motifs is 1. The second kappa shape index (κ2) is 11.9. The van der Waals surface area contributed by atoms with Crippen LogP contribution < -0.4 is 0 Å². The van der Waals surface area contributed by atoms with Crippen molar-refractivity contribution in [1.29, 1.82) is 0 Å². The van der Waals surface area contributed by atoms with Crippen molar-refractivity contribution in [3.8, 4) is 0 Å². The maximum atomic E-state index is 13.7. The van der Waals surface area contributed by atoms with E-state index in [9.17, 15) is 29.4 Å². The summed E-state index contributed by atoms with van der Waals surface area (Å²) in [5.74, 6) is -7.63. The number of rotatable bonds is 7. The zero-order valence-corrected chi connectivity index (χ0v) is 26.7. The first kappa shape index (κ1) is 33.3. The van der Waals surface area contributed by atoms with E-state index in [1.807, 2.05) is 30.3 Å². The van der Waals surface area contributed by atoms with Gasteiger partial charge in [-0.3, -0.25) is 9.59 Å². The van der Waals surface area contributed by atoms with Crippen molar-refractivity contribution < 1.29 is 53.1 Å². The minimum atomic E-state index is -2.39. The summed E-state index contributed by atoms with van der Waals surface area (Å²) in [4.78, 5) is 52.1. The molecule has 46 heavy (non-hydrogen) atoms. The van der Waals surface area contributed by atoms with Gasteiger partial charge in [-0.15, -0.1) is 0 Å². The largest absolute Gasteiger partial charge is 0.458 e. The number of hydrogen-bond acceptors (Lipinski definition) is 11. The zero-order chi connectivity index (χ0) is 33.7. The van der Waals surface area contributed by atoms with Crippen LogP contribution in [0.1, 0.15) is 63.9 Å². The molecular weight excluding hydrogens is 596 g/mol. The number of esters is 4. The molecule has 2 aromatic rings. The van der Waals surface area contributed by atoms with Crippen LogP contribution >= 0.6 is 0 Å². The molecule has 3 aliphatic rings. The summed E-state index contributed by atoms with van der Waals surface area (Å²) in [6, 6.07) is 17.1. The Morgan fingerprint density at radius 3 is 2.09 bits per heavy atom. The van der Waals surface area contributed by atoms with Crippen molar-refractivity contribution in [1.82, 2.24) is 0 Å². The third-order valence-corrected chi connectivity index (χ3v) is 9.88. The Bertz CT molecular complexity index is 1520. The Labute approximate surface area is 267 Å². The maximum Gasteiger partial charge on any atom is 0.338 e. The quantitative estimate of drug-likeness (QED) is 0.198.